The third-order valence-corrected chi connectivity index (χ3v) is 6.08. The minimum absolute atomic E-state index is 0. The summed E-state index contributed by atoms with van der Waals surface area (Å²) in [5.74, 6) is 1.31. The van der Waals surface area contributed by atoms with Crippen LogP contribution in [0.1, 0.15) is 19.3 Å². The van der Waals surface area contributed by atoms with Gasteiger partial charge in [-0.2, -0.15) is 0 Å². The fourth-order valence-electron chi connectivity index (χ4n) is 2.90. The number of hydrogen-bond donors (Lipinski definition) is 2. The molecule has 0 amide bonds. The Labute approximate surface area is 174 Å². The van der Waals surface area contributed by atoms with E-state index in [0.29, 0.717) is 26.3 Å². The molecule has 2 aliphatic rings. The second-order valence-corrected chi connectivity index (χ2v) is 8.79. The number of ether oxygens (including phenoxy) is 2. The molecule has 2 rings (SSSR count). The Balaban J connectivity index is 0.00000338. The van der Waals surface area contributed by atoms with Crippen molar-refractivity contribution in [2.75, 3.05) is 71.1 Å². The second-order valence-electron chi connectivity index (χ2n) is 6.48. The zero-order chi connectivity index (χ0) is 18.0. The van der Waals surface area contributed by atoms with Crippen LogP contribution >= 0.6 is 24.0 Å². The Hall–Kier alpha value is -0.170. The van der Waals surface area contributed by atoms with Crippen LogP contribution in [0.5, 0.6) is 0 Å². The van der Waals surface area contributed by atoms with Gasteiger partial charge < -0.3 is 20.1 Å². The van der Waals surface area contributed by atoms with Crippen molar-refractivity contribution < 1.29 is 17.9 Å². The van der Waals surface area contributed by atoms with Crippen molar-refractivity contribution in [2.24, 2.45) is 4.99 Å². The Morgan fingerprint density at radius 3 is 2.65 bits per heavy atom. The maximum Gasteiger partial charge on any atom is 0.191 e. The molecule has 0 aromatic carbocycles. The summed E-state index contributed by atoms with van der Waals surface area (Å²) in [5, 5.41) is 6.52. The molecule has 0 aromatic heterocycles. The smallest absolute Gasteiger partial charge is 0.191 e. The molecule has 0 aliphatic carbocycles. The molecule has 0 bridgehead atoms. The van der Waals surface area contributed by atoms with Gasteiger partial charge in [0.2, 0.25) is 0 Å². The van der Waals surface area contributed by atoms with Gasteiger partial charge in [0.25, 0.3) is 0 Å². The van der Waals surface area contributed by atoms with Gasteiger partial charge in [-0.1, -0.05) is 0 Å². The average molecular weight is 504 g/mol. The fraction of sp³-hybridized carbons (Fsp3) is 0.938. The van der Waals surface area contributed by atoms with Crippen LogP contribution in [0, 0.1) is 0 Å². The van der Waals surface area contributed by atoms with E-state index in [-0.39, 0.29) is 41.6 Å². The molecule has 10 heteroatoms. The number of hydrogen-bond acceptors (Lipinski definition) is 6. The largest absolute Gasteiger partial charge is 0.379 e. The number of nitrogens with zero attached hydrogens (tertiary/aromatic N) is 2. The van der Waals surface area contributed by atoms with E-state index in [1.165, 1.54) is 0 Å². The van der Waals surface area contributed by atoms with Gasteiger partial charge in [-0.15, -0.1) is 24.0 Å². The van der Waals surface area contributed by atoms with E-state index in [1.54, 1.807) is 7.05 Å². The van der Waals surface area contributed by atoms with Crippen molar-refractivity contribution in [3.05, 3.63) is 0 Å². The van der Waals surface area contributed by atoms with Crippen molar-refractivity contribution in [1.29, 1.82) is 0 Å². The highest BCUT2D eigenvalue weighted by Crippen LogP contribution is 2.11. The summed E-state index contributed by atoms with van der Waals surface area (Å²) in [6.45, 7) is 5.88. The van der Waals surface area contributed by atoms with Crippen molar-refractivity contribution in [2.45, 2.75) is 25.4 Å². The summed E-state index contributed by atoms with van der Waals surface area (Å²) < 4.78 is 34.0. The normalized spacial score (nSPS) is 23.4. The molecule has 0 radical (unpaired) electrons. The number of sulfone groups is 1. The first kappa shape index (κ1) is 23.9. The van der Waals surface area contributed by atoms with Crippen molar-refractivity contribution in [3.8, 4) is 0 Å². The van der Waals surface area contributed by atoms with E-state index in [1.807, 2.05) is 0 Å². The van der Waals surface area contributed by atoms with Crippen LogP contribution < -0.4 is 10.6 Å². The van der Waals surface area contributed by atoms with Gasteiger partial charge in [-0.25, -0.2) is 8.42 Å². The maximum absolute atomic E-state index is 11.4. The summed E-state index contributed by atoms with van der Waals surface area (Å²) >= 11 is 0. The molecule has 8 nitrogen and oxygen atoms in total. The lowest BCUT2D eigenvalue weighted by molar-refractivity contribution is 0.0168. The highest BCUT2D eigenvalue weighted by atomic mass is 127. The average Bonchev–Trinajstić information content (AvgIpc) is 3.11. The summed E-state index contributed by atoms with van der Waals surface area (Å²) in [6.07, 6.45) is 3.45. The Bertz CT molecular complexity index is 498. The van der Waals surface area contributed by atoms with Crippen LogP contribution in [0.15, 0.2) is 4.99 Å². The Kier molecular flexibility index (Phi) is 12.0. The summed E-state index contributed by atoms with van der Waals surface area (Å²) in [7, 11) is -1.06. The number of nitrogens with one attached hydrogen (secondary N) is 2. The lowest BCUT2D eigenvalue weighted by Crippen LogP contribution is -2.46. The summed E-state index contributed by atoms with van der Waals surface area (Å²) in [6, 6.07) is 0. The van der Waals surface area contributed by atoms with Gasteiger partial charge in [0.15, 0.2) is 15.8 Å². The zero-order valence-corrected chi connectivity index (χ0v) is 18.8. The maximum atomic E-state index is 11.4. The van der Waals surface area contributed by atoms with Gasteiger partial charge in [0, 0.05) is 53.0 Å². The first-order chi connectivity index (χ1) is 12.1. The quantitative estimate of drug-likeness (QED) is 0.199. The van der Waals surface area contributed by atoms with Gasteiger partial charge in [-0.05, 0) is 19.3 Å². The Morgan fingerprint density at radius 2 is 2.00 bits per heavy atom. The van der Waals surface area contributed by atoms with E-state index in [4.69, 9.17) is 9.47 Å². The van der Waals surface area contributed by atoms with Crippen molar-refractivity contribution in [1.82, 2.24) is 15.5 Å². The minimum Gasteiger partial charge on any atom is -0.379 e. The molecular weight excluding hydrogens is 471 g/mol. The molecule has 0 aromatic rings. The molecule has 1 unspecified atom stereocenters. The van der Waals surface area contributed by atoms with Crippen LogP contribution in [-0.4, -0.2) is 96.5 Å². The van der Waals surface area contributed by atoms with Gasteiger partial charge >= 0.3 is 0 Å². The molecule has 2 saturated heterocycles. The zero-order valence-electron chi connectivity index (χ0n) is 15.6. The van der Waals surface area contributed by atoms with E-state index in [9.17, 15) is 8.42 Å². The second kappa shape index (κ2) is 13.1. The Morgan fingerprint density at radius 1 is 1.27 bits per heavy atom. The number of halogens is 1. The summed E-state index contributed by atoms with van der Waals surface area (Å²) in [4.78, 5) is 6.36. The third kappa shape index (κ3) is 9.67. The third-order valence-electron chi connectivity index (χ3n) is 4.47. The van der Waals surface area contributed by atoms with Crippen LogP contribution in [0.25, 0.3) is 0 Å². The topological polar surface area (TPSA) is 92.3 Å². The highest BCUT2D eigenvalue weighted by molar-refractivity contribution is 14.0. The standard InChI is InChI=1S/C16H32N4O4S.HI/c1-17-16(18-5-3-10-23-14-15-4-2-11-24-15)19-6-7-20-8-12-25(21,22)13-9-20;/h15H,2-14H2,1H3,(H2,17,18,19);1H. The SMILES string of the molecule is CN=C(NCCCOCC1CCCO1)NCCN1CCS(=O)(=O)CC1.I. The first-order valence-corrected chi connectivity index (χ1v) is 11.0. The van der Waals surface area contributed by atoms with Gasteiger partial charge in [-0.3, -0.25) is 9.89 Å². The molecule has 26 heavy (non-hydrogen) atoms. The molecule has 2 aliphatic heterocycles. The first-order valence-electron chi connectivity index (χ1n) is 9.16. The predicted octanol–water partition coefficient (Wildman–Crippen LogP) is 0.0855. The van der Waals surface area contributed by atoms with Gasteiger partial charge in [0.1, 0.15) is 0 Å². The number of aliphatic imine (C=N–C) groups is 1. The number of rotatable bonds is 9. The van der Waals surface area contributed by atoms with E-state index < -0.39 is 9.84 Å². The molecule has 2 N–H and O–H groups in total. The monoisotopic (exact) mass is 504 g/mol. The van der Waals surface area contributed by atoms with E-state index in [0.717, 1.165) is 51.5 Å². The molecule has 1 atom stereocenters. The van der Waals surface area contributed by atoms with Crippen molar-refractivity contribution >= 4 is 39.8 Å². The van der Waals surface area contributed by atoms with E-state index in [2.05, 4.69) is 20.5 Å². The lowest BCUT2D eigenvalue weighted by Gasteiger charge is -2.26. The highest BCUT2D eigenvalue weighted by Gasteiger charge is 2.20. The van der Waals surface area contributed by atoms with Crippen LogP contribution in [0.4, 0.5) is 0 Å². The van der Waals surface area contributed by atoms with Gasteiger partial charge in [0.05, 0.1) is 24.2 Å². The molecule has 2 heterocycles. The summed E-state index contributed by atoms with van der Waals surface area (Å²) in [5.41, 5.74) is 0. The lowest BCUT2D eigenvalue weighted by atomic mass is 10.2. The van der Waals surface area contributed by atoms with Crippen LogP contribution in [0.2, 0.25) is 0 Å². The van der Waals surface area contributed by atoms with Crippen LogP contribution in [-0.2, 0) is 19.3 Å². The molecule has 2 fully saturated rings. The molecule has 0 spiro atoms. The molecule has 154 valence electrons. The minimum atomic E-state index is -2.80. The van der Waals surface area contributed by atoms with E-state index >= 15 is 0 Å². The molecule has 0 saturated carbocycles. The predicted molar refractivity (Wildman–Crippen MR) is 114 cm³/mol. The molecular formula is C16H33IN4O4S. The van der Waals surface area contributed by atoms with Crippen LogP contribution in [0.3, 0.4) is 0 Å². The number of guanidine groups is 1. The fourth-order valence-corrected chi connectivity index (χ4v) is 4.18. The van der Waals surface area contributed by atoms with Crippen molar-refractivity contribution in [3.63, 3.8) is 0 Å².